The highest BCUT2D eigenvalue weighted by atomic mass is 32.2. The summed E-state index contributed by atoms with van der Waals surface area (Å²) in [7, 11) is 0. The number of benzene rings is 3. The average molecular weight is 451 g/mol. The Labute approximate surface area is 192 Å². The molecule has 2 N–H and O–H groups in total. The molecule has 0 aliphatic carbocycles. The van der Waals surface area contributed by atoms with E-state index in [9.17, 15) is 14.0 Å². The third kappa shape index (κ3) is 7.24. The predicted molar refractivity (Wildman–Crippen MR) is 129 cm³/mol. The first-order valence-corrected chi connectivity index (χ1v) is 11.6. The van der Waals surface area contributed by atoms with Gasteiger partial charge >= 0.3 is 0 Å². The lowest BCUT2D eigenvalue weighted by atomic mass is 9.88. The maximum atomic E-state index is 13.0. The molecular formula is C26H27FN2O2S. The van der Waals surface area contributed by atoms with Crippen LogP contribution in [0.5, 0.6) is 0 Å². The van der Waals surface area contributed by atoms with Gasteiger partial charge in [-0.2, -0.15) is 0 Å². The van der Waals surface area contributed by atoms with E-state index in [0.717, 1.165) is 6.42 Å². The molecule has 0 saturated heterocycles. The molecule has 0 saturated carbocycles. The van der Waals surface area contributed by atoms with E-state index in [-0.39, 0.29) is 34.6 Å². The molecule has 4 nitrogen and oxygen atoms in total. The number of halogens is 1. The lowest BCUT2D eigenvalue weighted by molar-refractivity contribution is -0.120. The first-order valence-electron chi connectivity index (χ1n) is 10.6. The summed E-state index contributed by atoms with van der Waals surface area (Å²) in [6.07, 6.45) is 0.780. The number of rotatable bonds is 10. The van der Waals surface area contributed by atoms with Crippen molar-refractivity contribution in [2.24, 2.45) is 0 Å². The standard InChI is InChI=1S/C26H27FN2O2S/c1-19(32-18-25(30)29-23-14-12-22(27)13-15-23)26(31)28-17-16-24(20-8-4-2-5-9-20)21-10-6-3-7-11-21/h2-15,19,24H,16-18H2,1H3,(H,28,31)(H,29,30). The Morgan fingerprint density at radius 1 is 0.875 bits per heavy atom. The van der Waals surface area contributed by atoms with Crippen molar-refractivity contribution >= 4 is 29.3 Å². The lowest BCUT2D eigenvalue weighted by Crippen LogP contribution is -2.33. The Morgan fingerprint density at radius 3 is 2.00 bits per heavy atom. The SMILES string of the molecule is CC(SCC(=O)Nc1ccc(F)cc1)C(=O)NCCC(c1ccccc1)c1ccccc1. The van der Waals surface area contributed by atoms with E-state index < -0.39 is 0 Å². The number of carbonyl (C=O) groups excluding carboxylic acids is 2. The van der Waals surface area contributed by atoms with E-state index in [1.54, 1.807) is 6.92 Å². The van der Waals surface area contributed by atoms with Gasteiger partial charge in [-0.25, -0.2) is 4.39 Å². The largest absolute Gasteiger partial charge is 0.355 e. The van der Waals surface area contributed by atoms with Crippen molar-refractivity contribution in [3.63, 3.8) is 0 Å². The van der Waals surface area contributed by atoms with Crippen LogP contribution in [0.25, 0.3) is 0 Å². The molecule has 2 amide bonds. The van der Waals surface area contributed by atoms with Gasteiger partial charge in [0.15, 0.2) is 0 Å². The summed E-state index contributed by atoms with van der Waals surface area (Å²) in [6.45, 7) is 2.33. The van der Waals surface area contributed by atoms with Crippen molar-refractivity contribution in [3.8, 4) is 0 Å². The summed E-state index contributed by atoms with van der Waals surface area (Å²) in [5.41, 5.74) is 2.96. The Balaban J connectivity index is 1.46. The molecule has 32 heavy (non-hydrogen) atoms. The summed E-state index contributed by atoms with van der Waals surface area (Å²) >= 11 is 1.27. The minimum atomic E-state index is -0.360. The minimum absolute atomic E-state index is 0.0931. The Hall–Kier alpha value is -3.12. The molecule has 1 atom stereocenters. The van der Waals surface area contributed by atoms with E-state index in [2.05, 4.69) is 34.9 Å². The summed E-state index contributed by atoms with van der Waals surface area (Å²) in [5, 5.41) is 5.34. The molecule has 0 fully saturated rings. The van der Waals surface area contributed by atoms with Gasteiger partial charge in [0.25, 0.3) is 0 Å². The molecule has 3 aromatic carbocycles. The van der Waals surface area contributed by atoms with Crippen LogP contribution in [0, 0.1) is 5.82 Å². The van der Waals surface area contributed by atoms with Crippen molar-refractivity contribution in [3.05, 3.63) is 102 Å². The summed E-state index contributed by atoms with van der Waals surface area (Å²) in [5.74, 6) is -0.340. The van der Waals surface area contributed by atoms with Crippen LogP contribution >= 0.6 is 11.8 Å². The fourth-order valence-corrected chi connectivity index (χ4v) is 4.09. The van der Waals surface area contributed by atoms with Gasteiger partial charge in [0.2, 0.25) is 11.8 Å². The van der Waals surface area contributed by atoms with Crippen molar-refractivity contribution in [1.82, 2.24) is 5.32 Å². The van der Waals surface area contributed by atoms with Crippen LogP contribution < -0.4 is 10.6 Å². The molecule has 3 aromatic rings. The Morgan fingerprint density at radius 2 is 1.44 bits per heavy atom. The van der Waals surface area contributed by atoms with Crippen LogP contribution in [-0.2, 0) is 9.59 Å². The lowest BCUT2D eigenvalue weighted by Gasteiger charge is -2.19. The van der Waals surface area contributed by atoms with Crippen molar-refractivity contribution in [2.45, 2.75) is 24.5 Å². The van der Waals surface area contributed by atoms with Gasteiger partial charge in [-0.1, -0.05) is 60.7 Å². The Bertz CT molecular complexity index is 958. The highest BCUT2D eigenvalue weighted by Gasteiger charge is 2.17. The van der Waals surface area contributed by atoms with Crippen LogP contribution in [0.1, 0.15) is 30.4 Å². The highest BCUT2D eigenvalue weighted by Crippen LogP contribution is 2.27. The van der Waals surface area contributed by atoms with Crippen molar-refractivity contribution in [1.29, 1.82) is 0 Å². The smallest absolute Gasteiger partial charge is 0.234 e. The van der Waals surface area contributed by atoms with Crippen LogP contribution in [-0.4, -0.2) is 29.4 Å². The number of anilines is 1. The molecule has 0 radical (unpaired) electrons. The molecule has 0 aliphatic rings. The van der Waals surface area contributed by atoms with E-state index >= 15 is 0 Å². The van der Waals surface area contributed by atoms with Gasteiger partial charge < -0.3 is 10.6 Å². The van der Waals surface area contributed by atoms with E-state index in [0.29, 0.717) is 12.2 Å². The molecule has 3 rings (SSSR count). The molecule has 0 aliphatic heterocycles. The maximum Gasteiger partial charge on any atom is 0.234 e. The predicted octanol–water partition coefficient (Wildman–Crippen LogP) is 5.22. The molecule has 6 heteroatoms. The number of carbonyl (C=O) groups is 2. The van der Waals surface area contributed by atoms with Crippen molar-refractivity contribution in [2.75, 3.05) is 17.6 Å². The third-order valence-corrected chi connectivity index (χ3v) is 6.24. The van der Waals surface area contributed by atoms with E-state index in [4.69, 9.17) is 0 Å². The van der Waals surface area contributed by atoms with Gasteiger partial charge in [-0.15, -0.1) is 11.8 Å². The van der Waals surface area contributed by atoms with Crippen LogP contribution in [0.15, 0.2) is 84.9 Å². The van der Waals surface area contributed by atoms with Gasteiger partial charge in [-0.05, 0) is 48.7 Å². The quantitative estimate of drug-likeness (QED) is 0.445. The number of hydrogen-bond acceptors (Lipinski definition) is 3. The molecule has 166 valence electrons. The zero-order chi connectivity index (χ0) is 22.8. The molecule has 0 bridgehead atoms. The van der Waals surface area contributed by atoms with Crippen molar-refractivity contribution < 1.29 is 14.0 Å². The number of thioether (sulfide) groups is 1. The number of hydrogen-bond donors (Lipinski definition) is 2. The zero-order valence-corrected chi connectivity index (χ0v) is 18.8. The molecular weight excluding hydrogens is 423 g/mol. The van der Waals surface area contributed by atoms with Crippen LogP contribution in [0.2, 0.25) is 0 Å². The monoisotopic (exact) mass is 450 g/mol. The van der Waals surface area contributed by atoms with E-state index in [1.807, 2.05) is 36.4 Å². The number of nitrogens with one attached hydrogen (secondary N) is 2. The third-order valence-electron chi connectivity index (χ3n) is 5.10. The van der Waals surface area contributed by atoms with Crippen LogP contribution in [0.3, 0.4) is 0 Å². The summed E-state index contributed by atoms with van der Waals surface area (Å²) in [6, 6.07) is 26.1. The molecule has 0 spiro atoms. The fraction of sp³-hybridized carbons (Fsp3) is 0.231. The average Bonchev–Trinajstić information content (AvgIpc) is 2.82. The highest BCUT2D eigenvalue weighted by molar-refractivity contribution is 8.01. The normalized spacial score (nSPS) is 11.7. The second kappa shape index (κ2) is 12.1. The second-order valence-electron chi connectivity index (χ2n) is 7.46. The second-order valence-corrected chi connectivity index (χ2v) is 8.79. The number of amides is 2. The van der Waals surface area contributed by atoms with Gasteiger partial charge in [0.1, 0.15) is 5.82 Å². The summed E-state index contributed by atoms with van der Waals surface area (Å²) in [4.78, 5) is 24.6. The van der Waals surface area contributed by atoms with E-state index in [1.165, 1.54) is 47.2 Å². The first kappa shape index (κ1) is 23.5. The zero-order valence-electron chi connectivity index (χ0n) is 18.0. The van der Waals surface area contributed by atoms with Crippen LogP contribution in [0.4, 0.5) is 10.1 Å². The molecule has 0 heterocycles. The fourth-order valence-electron chi connectivity index (χ4n) is 3.39. The van der Waals surface area contributed by atoms with Gasteiger partial charge in [0.05, 0.1) is 11.0 Å². The minimum Gasteiger partial charge on any atom is -0.355 e. The first-order chi connectivity index (χ1) is 15.5. The van der Waals surface area contributed by atoms with Gasteiger partial charge in [-0.3, -0.25) is 9.59 Å². The maximum absolute atomic E-state index is 13.0. The summed E-state index contributed by atoms with van der Waals surface area (Å²) < 4.78 is 13.0. The molecule has 0 aromatic heterocycles. The Kier molecular flexibility index (Phi) is 8.87. The topological polar surface area (TPSA) is 58.2 Å². The molecule has 1 unspecified atom stereocenters. The van der Waals surface area contributed by atoms with Gasteiger partial charge in [0, 0.05) is 18.2 Å².